The first-order chi connectivity index (χ1) is 8.27. The summed E-state index contributed by atoms with van der Waals surface area (Å²) in [4.78, 5) is 9.85. The van der Waals surface area contributed by atoms with Crippen molar-refractivity contribution >= 4 is 21.5 Å². The second-order valence-corrected chi connectivity index (χ2v) is 5.22. The van der Waals surface area contributed by atoms with Crippen molar-refractivity contribution in [3.63, 3.8) is 0 Å². The Morgan fingerprint density at radius 2 is 2.11 bits per heavy atom. The minimum Gasteiger partial charge on any atom is -0.386 e. The van der Waals surface area contributed by atoms with Gasteiger partial charge < -0.3 is 5.73 Å². The van der Waals surface area contributed by atoms with Gasteiger partial charge in [-0.25, -0.2) is 0 Å². The molecule has 0 fully saturated rings. The molecule has 1 rings (SSSR count). The van der Waals surface area contributed by atoms with E-state index in [0.29, 0.717) is 5.56 Å². The first-order valence-electron chi connectivity index (χ1n) is 5.12. The van der Waals surface area contributed by atoms with Crippen LogP contribution in [0.3, 0.4) is 0 Å². The largest absolute Gasteiger partial charge is 0.386 e. The maximum Gasteiger partial charge on any atom is 0.284 e. The van der Waals surface area contributed by atoms with Crippen LogP contribution in [-0.2, 0) is 10.0 Å². The smallest absolute Gasteiger partial charge is 0.284 e. The molecule has 0 saturated heterocycles. The summed E-state index contributed by atoms with van der Waals surface area (Å²) in [5.41, 5.74) is 5.48. The lowest BCUT2D eigenvalue weighted by molar-refractivity contribution is -0.385. The zero-order chi connectivity index (χ0) is 13.9. The third-order valence-corrected chi connectivity index (χ3v) is 3.60. The third-order valence-electron chi connectivity index (χ3n) is 2.27. The van der Waals surface area contributed by atoms with Crippen LogP contribution in [0.5, 0.6) is 0 Å². The molecule has 18 heavy (non-hydrogen) atoms. The summed E-state index contributed by atoms with van der Waals surface area (Å²) < 4.78 is 27.0. The van der Waals surface area contributed by atoms with Gasteiger partial charge in [0.1, 0.15) is 5.84 Å². The minimum absolute atomic E-state index is 0.0433. The highest BCUT2D eigenvalue weighted by molar-refractivity contribution is 7.90. The third kappa shape index (κ3) is 3.04. The van der Waals surface area contributed by atoms with Crippen LogP contribution >= 0.6 is 0 Å². The van der Waals surface area contributed by atoms with Crippen molar-refractivity contribution in [2.24, 2.45) is 10.1 Å². The second-order valence-electron chi connectivity index (χ2n) is 3.62. The molecule has 0 saturated carbocycles. The van der Waals surface area contributed by atoms with Gasteiger partial charge in [-0.2, -0.15) is 8.42 Å². The Labute approximate surface area is 105 Å². The molecule has 0 aliphatic carbocycles. The first-order valence-corrected chi connectivity index (χ1v) is 6.56. The van der Waals surface area contributed by atoms with E-state index in [-0.39, 0.29) is 22.8 Å². The van der Waals surface area contributed by atoms with Gasteiger partial charge in [0.15, 0.2) is 0 Å². The molecule has 0 spiro atoms. The van der Waals surface area contributed by atoms with Crippen molar-refractivity contribution in [3.8, 4) is 0 Å². The molecule has 0 radical (unpaired) electrons. The van der Waals surface area contributed by atoms with Gasteiger partial charge in [-0.1, -0.05) is 13.0 Å². The van der Waals surface area contributed by atoms with Gasteiger partial charge >= 0.3 is 0 Å². The van der Waals surface area contributed by atoms with E-state index < -0.39 is 14.9 Å². The van der Waals surface area contributed by atoms with Crippen LogP contribution in [0.25, 0.3) is 0 Å². The Bertz CT molecular complexity index is 608. The Morgan fingerprint density at radius 3 is 2.61 bits per heavy atom. The normalized spacial score (nSPS) is 12.4. The van der Waals surface area contributed by atoms with E-state index >= 15 is 0 Å². The van der Waals surface area contributed by atoms with Gasteiger partial charge in [0.2, 0.25) is 0 Å². The maximum absolute atomic E-state index is 11.8. The van der Waals surface area contributed by atoms with Crippen LogP contribution in [0.15, 0.2) is 27.5 Å². The van der Waals surface area contributed by atoms with Crippen LogP contribution in [-0.4, -0.2) is 19.2 Å². The predicted octanol–water partition coefficient (Wildman–Crippen LogP) is 1.36. The molecule has 0 aliphatic heterocycles. The summed E-state index contributed by atoms with van der Waals surface area (Å²) in [5.74, 6) is -0.0433. The Balaban J connectivity index is 3.35. The topological polar surface area (TPSA) is 116 Å². The van der Waals surface area contributed by atoms with Crippen molar-refractivity contribution in [2.45, 2.75) is 25.2 Å². The standard InChI is InChI=1S/C10H13N3O4S/c1-3-10(11)12-18(16,17)8-5-4-7(2)9(6-8)13(14)15/h4-6H,3H2,1-2H3,(H2,11,12). The van der Waals surface area contributed by atoms with Gasteiger partial charge in [0.05, 0.1) is 9.82 Å². The number of benzene rings is 1. The fraction of sp³-hybridized carbons (Fsp3) is 0.300. The van der Waals surface area contributed by atoms with Crippen molar-refractivity contribution in [3.05, 3.63) is 33.9 Å². The van der Waals surface area contributed by atoms with Crippen molar-refractivity contribution in [2.75, 3.05) is 0 Å². The zero-order valence-corrected chi connectivity index (χ0v) is 10.8. The predicted molar refractivity (Wildman–Crippen MR) is 66.9 cm³/mol. The molecule has 0 bridgehead atoms. The highest BCUT2D eigenvalue weighted by Crippen LogP contribution is 2.23. The molecule has 8 heteroatoms. The Morgan fingerprint density at radius 1 is 1.50 bits per heavy atom. The summed E-state index contributed by atoms with van der Waals surface area (Å²) in [6, 6.07) is 3.61. The average Bonchev–Trinajstić information content (AvgIpc) is 2.28. The van der Waals surface area contributed by atoms with Crippen LogP contribution in [0.2, 0.25) is 0 Å². The number of hydrogen-bond acceptors (Lipinski definition) is 4. The molecular weight excluding hydrogens is 258 g/mol. The van der Waals surface area contributed by atoms with E-state index in [4.69, 9.17) is 5.73 Å². The van der Waals surface area contributed by atoms with E-state index in [1.807, 2.05) is 0 Å². The van der Waals surface area contributed by atoms with Crippen molar-refractivity contribution in [1.82, 2.24) is 0 Å². The fourth-order valence-electron chi connectivity index (χ4n) is 1.22. The summed E-state index contributed by atoms with van der Waals surface area (Å²) in [7, 11) is -3.99. The quantitative estimate of drug-likeness (QED) is 0.384. The van der Waals surface area contributed by atoms with E-state index in [9.17, 15) is 18.5 Å². The molecular formula is C10H13N3O4S. The Hall–Kier alpha value is -1.96. The van der Waals surface area contributed by atoms with Crippen LogP contribution in [0.1, 0.15) is 18.9 Å². The highest BCUT2D eigenvalue weighted by atomic mass is 32.2. The molecule has 0 heterocycles. The number of nitro benzene ring substituents is 1. The molecule has 0 aromatic heterocycles. The van der Waals surface area contributed by atoms with Crippen LogP contribution in [0.4, 0.5) is 5.69 Å². The lowest BCUT2D eigenvalue weighted by atomic mass is 10.2. The van der Waals surface area contributed by atoms with E-state index in [2.05, 4.69) is 4.40 Å². The van der Waals surface area contributed by atoms with Crippen LogP contribution < -0.4 is 5.73 Å². The molecule has 0 amide bonds. The molecule has 1 aromatic rings. The maximum atomic E-state index is 11.8. The highest BCUT2D eigenvalue weighted by Gasteiger charge is 2.19. The number of nitrogens with two attached hydrogens (primary N) is 1. The van der Waals surface area contributed by atoms with Gasteiger partial charge in [-0.15, -0.1) is 4.40 Å². The van der Waals surface area contributed by atoms with Gasteiger partial charge in [0.25, 0.3) is 15.7 Å². The summed E-state index contributed by atoms with van der Waals surface area (Å²) in [5, 5.41) is 10.7. The van der Waals surface area contributed by atoms with E-state index in [1.165, 1.54) is 19.1 Å². The molecule has 98 valence electrons. The molecule has 0 unspecified atom stereocenters. The summed E-state index contributed by atoms with van der Waals surface area (Å²) in [6.45, 7) is 3.18. The minimum atomic E-state index is -3.99. The number of sulfonamides is 1. The molecule has 1 aromatic carbocycles. The number of rotatable bonds is 4. The number of amidine groups is 1. The second kappa shape index (κ2) is 5.13. The SMILES string of the molecule is CC/C(N)=N/S(=O)(=O)c1ccc(C)c([N+](=O)[O-])c1. The van der Waals surface area contributed by atoms with Crippen LogP contribution in [0, 0.1) is 17.0 Å². The number of nitrogens with zero attached hydrogens (tertiary/aromatic N) is 2. The molecule has 0 aliphatic rings. The van der Waals surface area contributed by atoms with Crippen molar-refractivity contribution in [1.29, 1.82) is 0 Å². The van der Waals surface area contributed by atoms with Gasteiger partial charge in [-0.05, 0) is 13.0 Å². The molecule has 0 atom stereocenters. The van der Waals surface area contributed by atoms with Gasteiger partial charge in [0, 0.05) is 18.1 Å². The molecule has 2 N–H and O–H groups in total. The lowest BCUT2D eigenvalue weighted by Crippen LogP contribution is -2.13. The Kier molecular flexibility index (Phi) is 4.02. The monoisotopic (exact) mass is 271 g/mol. The van der Waals surface area contributed by atoms with E-state index in [0.717, 1.165) is 6.07 Å². The molecule has 7 nitrogen and oxygen atoms in total. The van der Waals surface area contributed by atoms with Crippen molar-refractivity contribution < 1.29 is 13.3 Å². The number of aryl methyl sites for hydroxylation is 1. The first kappa shape index (κ1) is 14.1. The number of hydrogen-bond donors (Lipinski definition) is 1. The number of nitro groups is 1. The van der Waals surface area contributed by atoms with Gasteiger partial charge in [-0.3, -0.25) is 10.1 Å². The lowest BCUT2D eigenvalue weighted by Gasteiger charge is -2.02. The fourth-order valence-corrected chi connectivity index (χ4v) is 2.26. The average molecular weight is 271 g/mol. The summed E-state index contributed by atoms with van der Waals surface area (Å²) in [6.07, 6.45) is 0.285. The zero-order valence-electron chi connectivity index (χ0n) is 9.95. The summed E-state index contributed by atoms with van der Waals surface area (Å²) >= 11 is 0. The van der Waals surface area contributed by atoms with E-state index in [1.54, 1.807) is 6.92 Å².